The van der Waals surface area contributed by atoms with Crippen LogP contribution in [0.1, 0.15) is 40.0 Å². The molecule has 2 aliphatic rings. The quantitative estimate of drug-likeness (QED) is 0.726. The molecule has 2 fully saturated rings. The van der Waals surface area contributed by atoms with E-state index < -0.39 is 11.9 Å². The summed E-state index contributed by atoms with van der Waals surface area (Å²) in [5.41, 5.74) is 0. The highest BCUT2D eigenvalue weighted by atomic mass is 16.8. The molecule has 2 aliphatic heterocycles. The molecular formula is C12H22O4. The number of ether oxygens (including phenoxy) is 3. The Morgan fingerprint density at radius 3 is 2.62 bits per heavy atom. The Labute approximate surface area is 96.9 Å². The molecule has 4 nitrogen and oxygen atoms in total. The molecule has 0 bridgehead atoms. The van der Waals surface area contributed by atoms with Gasteiger partial charge in [0.15, 0.2) is 5.79 Å². The van der Waals surface area contributed by atoms with E-state index >= 15 is 0 Å². The van der Waals surface area contributed by atoms with Gasteiger partial charge in [-0.2, -0.15) is 0 Å². The first kappa shape index (κ1) is 12.3. The number of aliphatic hydroxyl groups is 1. The van der Waals surface area contributed by atoms with Crippen molar-refractivity contribution in [1.29, 1.82) is 0 Å². The molecule has 1 N–H and O–H groups in total. The van der Waals surface area contributed by atoms with Gasteiger partial charge in [-0.05, 0) is 20.3 Å². The Balaban J connectivity index is 1.96. The van der Waals surface area contributed by atoms with Gasteiger partial charge in [-0.3, -0.25) is 0 Å². The van der Waals surface area contributed by atoms with Gasteiger partial charge in [0.1, 0.15) is 18.3 Å². The van der Waals surface area contributed by atoms with E-state index in [1.807, 2.05) is 13.8 Å². The molecule has 2 saturated heterocycles. The van der Waals surface area contributed by atoms with E-state index in [2.05, 4.69) is 6.92 Å². The summed E-state index contributed by atoms with van der Waals surface area (Å²) >= 11 is 0. The lowest BCUT2D eigenvalue weighted by Gasteiger charge is -2.20. The third-order valence-corrected chi connectivity index (χ3v) is 3.14. The molecule has 94 valence electrons. The topological polar surface area (TPSA) is 51.2 Å². The van der Waals surface area contributed by atoms with Crippen molar-refractivity contribution in [2.75, 3.05) is 6.61 Å². The van der Waals surface area contributed by atoms with E-state index in [-0.39, 0.29) is 18.3 Å². The summed E-state index contributed by atoms with van der Waals surface area (Å²) in [7, 11) is 0. The molecule has 0 saturated carbocycles. The molecule has 0 radical (unpaired) electrons. The van der Waals surface area contributed by atoms with E-state index in [1.54, 1.807) is 0 Å². The van der Waals surface area contributed by atoms with E-state index in [0.717, 1.165) is 19.3 Å². The van der Waals surface area contributed by atoms with E-state index in [4.69, 9.17) is 14.2 Å². The third-order valence-electron chi connectivity index (χ3n) is 3.14. The van der Waals surface area contributed by atoms with Crippen molar-refractivity contribution in [2.24, 2.45) is 0 Å². The fourth-order valence-corrected chi connectivity index (χ4v) is 2.25. The van der Waals surface area contributed by atoms with Crippen LogP contribution in [0.3, 0.4) is 0 Å². The second kappa shape index (κ2) is 4.61. The molecule has 0 amide bonds. The zero-order valence-electron chi connectivity index (χ0n) is 10.3. The summed E-state index contributed by atoms with van der Waals surface area (Å²) in [5, 5.41) is 10.1. The summed E-state index contributed by atoms with van der Waals surface area (Å²) in [6.07, 6.45) is 2.31. The van der Waals surface area contributed by atoms with Crippen molar-refractivity contribution in [3.63, 3.8) is 0 Å². The lowest BCUT2D eigenvalue weighted by atomic mass is 10.0. The van der Waals surface area contributed by atoms with Gasteiger partial charge in [-0.15, -0.1) is 0 Å². The van der Waals surface area contributed by atoms with Crippen LogP contribution in [0.4, 0.5) is 0 Å². The molecule has 2 rings (SSSR count). The predicted molar refractivity (Wildman–Crippen MR) is 59.1 cm³/mol. The fraction of sp³-hybridized carbons (Fsp3) is 1.00. The molecule has 0 aromatic rings. The number of hydrogen-bond donors (Lipinski definition) is 1. The molecule has 0 aromatic carbocycles. The van der Waals surface area contributed by atoms with Crippen LogP contribution < -0.4 is 0 Å². The molecule has 0 aliphatic carbocycles. The lowest BCUT2D eigenvalue weighted by Crippen LogP contribution is -2.39. The second-order valence-electron chi connectivity index (χ2n) is 5.14. The molecule has 0 unspecified atom stereocenters. The minimum atomic E-state index is -0.584. The van der Waals surface area contributed by atoms with E-state index in [0.29, 0.717) is 6.61 Å². The maximum absolute atomic E-state index is 10.1. The summed E-state index contributed by atoms with van der Waals surface area (Å²) in [4.78, 5) is 0. The maximum atomic E-state index is 10.1. The minimum Gasteiger partial charge on any atom is -0.387 e. The Morgan fingerprint density at radius 1 is 1.38 bits per heavy atom. The minimum absolute atomic E-state index is 0.00542. The van der Waals surface area contributed by atoms with Gasteiger partial charge < -0.3 is 19.3 Å². The fourth-order valence-electron chi connectivity index (χ4n) is 2.25. The number of rotatable bonds is 5. The van der Waals surface area contributed by atoms with Gasteiger partial charge >= 0.3 is 0 Å². The highest BCUT2D eigenvalue weighted by Crippen LogP contribution is 2.35. The van der Waals surface area contributed by atoms with Crippen molar-refractivity contribution in [1.82, 2.24) is 0 Å². The first-order valence-corrected chi connectivity index (χ1v) is 6.19. The summed E-state index contributed by atoms with van der Waals surface area (Å²) < 4.78 is 16.7. The van der Waals surface area contributed by atoms with Crippen molar-refractivity contribution < 1.29 is 19.3 Å². The van der Waals surface area contributed by atoms with E-state index in [9.17, 15) is 5.11 Å². The Hall–Kier alpha value is -0.160. The Bertz CT molecular complexity index is 237. The van der Waals surface area contributed by atoms with Crippen LogP contribution in [0.2, 0.25) is 0 Å². The van der Waals surface area contributed by atoms with Gasteiger partial charge in [-0.1, -0.05) is 19.8 Å². The summed E-state index contributed by atoms with van der Waals surface area (Å²) in [5.74, 6) is -0.584. The van der Waals surface area contributed by atoms with Gasteiger partial charge in [0.25, 0.3) is 0 Å². The Morgan fingerprint density at radius 2 is 2.06 bits per heavy atom. The van der Waals surface area contributed by atoms with Crippen LogP contribution in [0, 0.1) is 0 Å². The molecule has 4 heteroatoms. The number of aliphatic hydroxyl groups excluding tert-OH is 1. The Kier molecular flexibility index (Phi) is 3.54. The molecule has 16 heavy (non-hydrogen) atoms. The zero-order valence-corrected chi connectivity index (χ0v) is 10.3. The van der Waals surface area contributed by atoms with Crippen LogP contribution in [0.25, 0.3) is 0 Å². The van der Waals surface area contributed by atoms with Gasteiger partial charge in [0, 0.05) is 0 Å². The SMILES string of the molecule is CCCC[C@@H]1OC(C)(C)O[C@H]1[C@H](O)[C@H]1CO1. The van der Waals surface area contributed by atoms with Crippen molar-refractivity contribution in [3.05, 3.63) is 0 Å². The number of hydrogen-bond acceptors (Lipinski definition) is 4. The lowest BCUT2D eigenvalue weighted by molar-refractivity contribution is -0.156. The van der Waals surface area contributed by atoms with Crippen LogP contribution in [0.5, 0.6) is 0 Å². The van der Waals surface area contributed by atoms with Crippen LogP contribution >= 0.6 is 0 Å². The first-order valence-electron chi connectivity index (χ1n) is 6.19. The molecular weight excluding hydrogens is 208 g/mol. The van der Waals surface area contributed by atoms with Crippen LogP contribution in [-0.4, -0.2) is 41.9 Å². The molecule has 0 aromatic heterocycles. The number of epoxide rings is 1. The normalized spacial score (nSPS) is 38.6. The smallest absolute Gasteiger partial charge is 0.163 e. The van der Waals surface area contributed by atoms with Gasteiger partial charge in [0.05, 0.1) is 12.7 Å². The van der Waals surface area contributed by atoms with Crippen LogP contribution in [-0.2, 0) is 14.2 Å². The standard InChI is InChI=1S/C12H22O4/c1-4-5-6-8-11(10(13)9-7-14-9)16-12(2,3)15-8/h8-11,13H,4-7H2,1-3H3/t8-,9+,10+,11+/m0/s1. The zero-order chi connectivity index (χ0) is 11.8. The monoisotopic (exact) mass is 230 g/mol. The third kappa shape index (κ3) is 2.74. The molecule has 4 atom stereocenters. The van der Waals surface area contributed by atoms with Crippen molar-refractivity contribution in [3.8, 4) is 0 Å². The average molecular weight is 230 g/mol. The van der Waals surface area contributed by atoms with Gasteiger partial charge in [0.2, 0.25) is 0 Å². The predicted octanol–water partition coefficient (Wildman–Crippen LogP) is 1.46. The highest BCUT2D eigenvalue weighted by molar-refractivity contribution is 4.93. The largest absolute Gasteiger partial charge is 0.387 e. The van der Waals surface area contributed by atoms with Crippen LogP contribution in [0.15, 0.2) is 0 Å². The number of unbranched alkanes of at least 4 members (excludes halogenated alkanes) is 1. The molecule has 2 heterocycles. The molecule has 0 spiro atoms. The van der Waals surface area contributed by atoms with Crippen molar-refractivity contribution in [2.45, 2.75) is 70.2 Å². The second-order valence-corrected chi connectivity index (χ2v) is 5.14. The average Bonchev–Trinajstić information content (AvgIpc) is 3.00. The maximum Gasteiger partial charge on any atom is 0.163 e. The first-order chi connectivity index (χ1) is 7.53. The highest BCUT2D eigenvalue weighted by Gasteiger charge is 2.49. The van der Waals surface area contributed by atoms with Gasteiger partial charge in [-0.25, -0.2) is 0 Å². The summed E-state index contributed by atoms with van der Waals surface area (Å²) in [6.45, 7) is 6.58. The summed E-state index contributed by atoms with van der Waals surface area (Å²) in [6, 6.07) is 0. The van der Waals surface area contributed by atoms with E-state index in [1.165, 1.54) is 0 Å². The van der Waals surface area contributed by atoms with Crippen molar-refractivity contribution >= 4 is 0 Å².